The van der Waals surface area contributed by atoms with Gasteiger partial charge >= 0.3 is 5.97 Å². The van der Waals surface area contributed by atoms with E-state index in [1.807, 2.05) is 6.92 Å². The van der Waals surface area contributed by atoms with Gasteiger partial charge in [-0.2, -0.15) is 0 Å². The molecule has 12 heavy (non-hydrogen) atoms. The highest BCUT2D eigenvalue weighted by Gasteiger charge is 2.05. The van der Waals surface area contributed by atoms with Gasteiger partial charge in [0.15, 0.2) is 0 Å². The third-order valence-electron chi connectivity index (χ3n) is 2.01. The Morgan fingerprint density at radius 3 is 2.58 bits per heavy atom. The lowest BCUT2D eigenvalue weighted by atomic mass is 9.97. The van der Waals surface area contributed by atoms with Gasteiger partial charge in [0, 0.05) is 6.42 Å². The number of carbonyl (C=O) groups is 1. The standard InChI is InChI=1S/C10H18O2/c1-4-8(2)7-9(3)5-6-10(11)12/h4,9H,5-7H2,1-3H3,(H,11,12)/b8-4+. The second kappa shape index (κ2) is 5.81. The Morgan fingerprint density at radius 1 is 1.58 bits per heavy atom. The molecule has 70 valence electrons. The number of aliphatic carboxylic acids is 1. The normalized spacial score (nSPS) is 14.4. The fourth-order valence-electron chi connectivity index (χ4n) is 1.14. The number of hydrogen-bond donors (Lipinski definition) is 1. The predicted octanol–water partition coefficient (Wildman–Crippen LogP) is 2.84. The Morgan fingerprint density at radius 2 is 2.17 bits per heavy atom. The molecule has 0 aromatic rings. The molecule has 0 bridgehead atoms. The molecule has 0 amide bonds. The minimum Gasteiger partial charge on any atom is -0.481 e. The minimum absolute atomic E-state index is 0.290. The molecule has 0 aliphatic heterocycles. The summed E-state index contributed by atoms with van der Waals surface area (Å²) >= 11 is 0. The van der Waals surface area contributed by atoms with Crippen LogP contribution in [-0.2, 0) is 4.79 Å². The van der Waals surface area contributed by atoms with Gasteiger partial charge in [-0.15, -0.1) is 0 Å². The van der Waals surface area contributed by atoms with Crippen molar-refractivity contribution >= 4 is 5.97 Å². The van der Waals surface area contributed by atoms with Crippen molar-refractivity contribution in [3.63, 3.8) is 0 Å². The Hall–Kier alpha value is -0.790. The molecule has 0 fully saturated rings. The molecule has 0 spiro atoms. The Balaban J connectivity index is 3.59. The predicted molar refractivity (Wildman–Crippen MR) is 50.1 cm³/mol. The molecule has 1 N–H and O–H groups in total. The van der Waals surface area contributed by atoms with Gasteiger partial charge in [-0.1, -0.05) is 18.6 Å². The van der Waals surface area contributed by atoms with Crippen LogP contribution in [0.2, 0.25) is 0 Å². The first-order chi connectivity index (χ1) is 5.56. The van der Waals surface area contributed by atoms with Crippen molar-refractivity contribution < 1.29 is 9.90 Å². The molecule has 0 aromatic carbocycles. The first kappa shape index (κ1) is 11.2. The zero-order valence-corrected chi connectivity index (χ0v) is 8.13. The van der Waals surface area contributed by atoms with Crippen LogP contribution in [0.1, 0.15) is 40.0 Å². The van der Waals surface area contributed by atoms with Crippen molar-refractivity contribution in [3.05, 3.63) is 11.6 Å². The molecule has 0 saturated carbocycles. The van der Waals surface area contributed by atoms with Gasteiger partial charge in [0.05, 0.1) is 0 Å². The number of hydrogen-bond acceptors (Lipinski definition) is 1. The first-order valence-corrected chi connectivity index (χ1v) is 4.39. The second-order valence-electron chi connectivity index (χ2n) is 3.38. The largest absolute Gasteiger partial charge is 0.481 e. The molecular weight excluding hydrogens is 152 g/mol. The first-order valence-electron chi connectivity index (χ1n) is 4.39. The van der Waals surface area contributed by atoms with Crippen molar-refractivity contribution in [2.45, 2.75) is 40.0 Å². The third kappa shape index (κ3) is 5.96. The van der Waals surface area contributed by atoms with Crippen molar-refractivity contribution in [1.82, 2.24) is 0 Å². The van der Waals surface area contributed by atoms with E-state index in [1.165, 1.54) is 5.57 Å². The summed E-state index contributed by atoms with van der Waals surface area (Å²) < 4.78 is 0. The molecular formula is C10H18O2. The fourth-order valence-corrected chi connectivity index (χ4v) is 1.14. The van der Waals surface area contributed by atoms with Crippen LogP contribution in [0.5, 0.6) is 0 Å². The summed E-state index contributed by atoms with van der Waals surface area (Å²) in [5.74, 6) is -0.211. The number of rotatable bonds is 5. The van der Waals surface area contributed by atoms with E-state index in [0.29, 0.717) is 5.92 Å². The quantitative estimate of drug-likeness (QED) is 0.644. The number of carboxylic acids is 1. The zero-order chi connectivity index (χ0) is 9.56. The van der Waals surface area contributed by atoms with Crippen LogP contribution in [0.15, 0.2) is 11.6 Å². The summed E-state index contributed by atoms with van der Waals surface area (Å²) in [6.45, 7) is 6.19. The summed E-state index contributed by atoms with van der Waals surface area (Å²) in [6.07, 6.45) is 4.17. The van der Waals surface area contributed by atoms with E-state index in [1.54, 1.807) is 0 Å². The summed E-state index contributed by atoms with van der Waals surface area (Å²) in [5, 5.41) is 8.44. The van der Waals surface area contributed by atoms with E-state index in [0.717, 1.165) is 12.8 Å². The van der Waals surface area contributed by atoms with E-state index < -0.39 is 5.97 Å². The topological polar surface area (TPSA) is 37.3 Å². The van der Waals surface area contributed by atoms with Gasteiger partial charge < -0.3 is 5.11 Å². The molecule has 0 rings (SSSR count). The van der Waals surface area contributed by atoms with E-state index in [9.17, 15) is 4.79 Å². The summed E-state index contributed by atoms with van der Waals surface area (Å²) in [4.78, 5) is 10.2. The minimum atomic E-state index is -0.694. The maximum atomic E-state index is 10.2. The average Bonchev–Trinajstić information content (AvgIpc) is 2.00. The fraction of sp³-hybridized carbons (Fsp3) is 0.700. The number of carboxylic acid groups (broad SMARTS) is 1. The smallest absolute Gasteiger partial charge is 0.303 e. The third-order valence-corrected chi connectivity index (χ3v) is 2.01. The van der Waals surface area contributed by atoms with Gasteiger partial charge in [0.2, 0.25) is 0 Å². The van der Waals surface area contributed by atoms with E-state index >= 15 is 0 Å². The van der Waals surface area contributed by atoms with Crippen LogP contribution in [0.25, 0.3) is 0 Å². The number of allylic oxidation sites excluding steroid dienone is 2. The Bertz CT molecular complexity index is 171. The maximum Gasteiger partial charge on any atom is 0.303 e. The van der Waals surface area contributed by atoms with Crippen molar-refractivity contribution in [2.24, 2.45) is 5.92 Å². The van der Waals surface area contributed by atoms with Gasteiger partial charge in [-0.3, -0.25) is 4.79 Å². The van der Waals surface area contributed by atoms with Gasteiger partial charge in [-0.05, 0) is 32.6 Å². The highest BCUT2D eigenvalue weighted by molar-refractivity contribution is 5.66. The lowest BCUT2D eigenvalue weighted by Crippen LogP contribution is -2.01. The maximum absolute atomic E-state index is 10.2. The van der Waals surface area contributed by atoms with Gasteiger partial charge in [0.1, 0.15) is 0 Å². The van der Waals surface area contributed by atoms with Crippen LogP contribution < -0.4 is 0 Å². The Labute approximate surface area is 74.3 Å². The molecule has 1 atom stereocenters. The zero-order valence-electron chi connectivity index (χ0n) is 8.13. The average molecular weight is 170 g/mol. The summed E-state index contributed by atoms with van der Waals surface area (Å²) in [5.41, 5.74) is 1.34. The van der Waals surface area contributed by atoms with Gasteiger partial charge in [-0.25, -0.2) is 0 Å². The highest BCUT2D eigenvalue weighted by atomic mass is 16.4. The molecule has 0 aromatic heterocycles. The molecule has 0 radical (unpaired) electrons. The lowest BCUT2D eigenvalue weighted by Gasteiger charge is -2.09. The van der Waals surface area contributed by atoms with Crippen molar-refractivity contribution in [2.75, 3.05) is 0 Å². The molecule has 0 heterocycles. The van der Waals surface area contributed by atoms with Crippen LogP contribution in [0.4, 0.5) is 0 Å². The van der Waals surface area contributed by atoms with Crippen molar-refractivity contribution in [1.29, 1.82) is 0 Å². The SMILES string of the molecule is C/C=C(\C)CC(C)CCC(=O)O. The van der Waals surface area contributed by atoms with Crippen LogP contribution in [-0.4, -0.2) is 11.1 Å². The molecule has 2 heteroatoms. The molecule has 0 saturated heterocycles. The molecule has 2 nitrogen and oxygen atoms in total. The van der Waals surface area contributed by atoms with Crippen molar-refractivity contribution in [3.8, 4) is 0 Å². The second-order valence-corrected chi connectivity index (χ2v) is 3.38. The molecule has 1 unspecified atom stereocenters. The molecule has 0 aliphatic carbocycles. The summed E-state index contributed by atoms with van der Waals surface area (Å²) in [6, 6.07) is 0. The monoisotopic (exact) mass is 170 g/mol. The summed E-state index contributed by atoms with van der Waals surface area (Å²) in [7, 11) is 0. The van der Waals surface area contributed by atoms with Gasteiger partial charge in [0.25, 0.3) is 0 Å². The Kier molecular flexibility index (Phi) is 5.43. The van der Waals surface area contributed by atoms with E-state index in [-0.39, 0.29) is 6.42 Å². The van der Waals surface area contributed by atoms with Crippen LogP contribution in [0, 0.1) is 5.92 Å². The van der Waals surface area contributed by atoms with E-state index in [4.69, 9.17) is 5.11 Å². The van der Waals surface area contributed by atoms with E-state index in [2.05, 4.69) is 19.9 Å². The molecule has 0 aliphatic rings. The lowest BCUT2D eigenvalue weighted by molar-refractivity contribution is -0.137. The van der Waals surface area contributed by atoms with Crippen LogP contribution in [0.3, 0.4) is 0 Å². The van der Waals surface area contributed by atoms with Crippen LogP contribution >= 0.6 is 0 Å². The highest BCUT2D eigenvalue weighted by Crippen LogP contribution is 2.15.